The van der Waals surface area contributed by atoms with Crippen molar-refractivity contribution >= 4 is 45.9 Å². The molecule has 0 fully saturated rings. The normalized spacial score (nSPS) is 10.8. The van der Waals surface area contributed by atoms with E-state index in [0.29, 0.717) is 10.7 Å². The number of hydrogen-bond acceptors (Lipinski definition) is 9. The van der Waals surface area contributed by atoms with Gasteiger partial charge in [-0.25, -0.2) is 9.59 Å². The molecule has 0 spiro atoms. The highest BCUT2D eigenvalue weighted by Gasteiger charge is 2.27. The molecule has 2 rings (SSSR count). The number of ether oxygens (including phenoxy) is 2. The Balaban J connectivity index is 2.20. The Hall–Kier alpha value is -2.40. The van der Waals surface area contributed by atoms with E-state index in [-0.39, 0.29) is 46.4 Å². The molecule has 1 N–H and O–H groups in total. The molecule has 0 aliphatic heterocycles. The van der Waals surface area contributed by atoms with Crippen molar-refractivity contribution in [2.75, 3.05) is 24.3 Å². The van der Waals surface area contributed by atoms with Gasteiger partial charge in [-0.1, -0.05) is 11.8 Å². The Morgan fingerprint density at radius 1 is 1.21 bits per heavy atom. The van der Waals surface area contributed by atoms with E-state index < -0.39 is 11.9 Å². The van der Waals surface area contributed by atoms with Gasteiger partial charge in [0.1, 0.15) is 16.2 Å². The molecule has 11 heteroatoms. The SMILES string of the molecule is CCOC(=O)c1sc(NC(=O)CSc2nncn2C(C)C)c(C(=O)OCC)c1C. The van der Waals surface area contributed by atoms with Gasteiger partial charge in [0, 0.05) is 6.04 Å². The molecular weight excluding hydrogens is 416 g/mol. The molecule has 1 amide bonds. The zero-order valence-corrected chi connectivity index (χ0v) is 18.6. The number of thioether (sulfide) groups is 1. The number of nitrogens with zero attached hydrogens (tertiary/aromatic N) is 3. The molecule has 0 saturated carbocycles. The molecular formula is C18H24N4O5S2. The van der Waals surface area contributed by atoms with Crippen LogP contribution in [0.4, 0.5) is 5.00 Å². The molecule has 158 valence electrons. The number of hydrogen-bond donors (Lipinski definition) is 1. The molecule has 0 radical (unpaired) electrons. The summed E-state index contributed by atoms with van der Waals surface area (Å²) in [5.74, 6) is -1.41. The summed E-state index contributed by atoms with van der Waals surface area (Å²) < 4.78 is 12.0. The van der Waals surface area contributed by atoms with Gasteiger partial charge < -0.3 is 19.4 Å². The average Bonchev–Trinajstić information content (AvgIpc) is 3.25. The van der Waals surface area contributed by atoms with E-state index in [1.807, 2.05) is 18.4 Å². The second kappa shape index (κ2) is 10.4. The Labute approximate surface area is 177 Å². The Kier molecular flexibility index (Phi) is 8.21. The van der Waals surface area contributed by atoms with Crippen LogP contribution in [0.3, 0.4) is 0 Å². The van der Waals surface area contributed by atoms with E-state index in [0.717, 1.165) is 11.3 Å². The molecule has 9 nitrogen and oxygen atoms in total. The number of carbonyl (C=O) groups is 3. The predicted octanol–water partition coefficient (Wildman–Crippen LogP) is 3.31. The van der Waals surface area contributed by atoms with Crippen molar-refractivity contribution in [3.8, 4) is 0 Å². The fourth-order valence-corrected chi connectivity index (χ4v) is 4.37. The molecule has 2 heterocycles. The van der Waals surface area contributed by atoms with Crippen LogP contribution >= 0.6 is 23.1 Å². The van der Waals surface area contributed by atoms with Gasteiger partial charge in [-0.15, -0.1) is 21.5 Å². The molecule has 0 atom stereocenters. The lowest BCUT2D eigenvalue weighted by atomic mass is 10.1. The van der Waals surface area contributed by atoms with E-state index in [2.05, 4.69) is 15.5 Å². The standard InChI is InChI=1S/C18H24N4O5S2/c1-6-26-16(24)13-11(5)14(17(25)27-7-2)29-15(13)20-12(23)8-28-18-21-19-9-22(18)10(3)4/h9-10H,6-8H2,1-5H3,(H,20,23). The van der Waals surface area contributed by atoms with Crippen LogP contribution in [-0.2, 0) is 14.3 Å². The maximum Gasteiger partial charge on any atom is 0.348 e. The smallest absolute Gasteiger partial charge is 0.348 e. The van der Waals surface area contributed by atoms with Crippen molar-refractivity contribution in [1.29, 1.82) is 0 Å². The summed E-state index contributed by atoms with van der Waals surface area (Å²) in [6.45, 7) is 9.38. The highest BCUT2D eigenvalue weighted by Crippen LogP contribution is 2.34. The summed E-state index contributed by atoms with van der Waals surface area (Å²) in [7, 11) is 0. The zero-order chi connectivity index (χ0) is 21.6. The fourth-order valence-electron chi connectivity index (χ4n) is 2.42. The summed E-state index contributed by atoms with van der Waals surface area (Å²) in [4.78, 5) is 37.3. The first-order valence-corrected chi connectivity index (χ1v) is 10.9. The van der Waals surface area contributed by atoms with Gasteiger partial charge in [0.05, 0.1) is 24.5 Å². The predicted molar refractivity (Wildman–Crippen MR) is 111 cm³/mol. The molecule has 0 bridgehead atoms. The molecule has 0 aromatic carbocycles. The third-order valence-electron chi connectivity index (χ3n) is 3.77. The van der Waals surface area contributed by atoms with Gasteiger partial charge in [0.2, 0.25) is 5.91 Å². The van der Waals surface area contributed by atoms with E-state index in [1.165, 1.54) is 11.8 Å². The number of carbonyl (C=O) groups excluding carboxylic acids is 3. The number of amides is 1. The van der Waals surface area contributed by atoms with Crippen molar-refractivity contribution in [2.24, 2.45) is 0 Å². The van der Waals surface area contributed by atoms with Crippen molar-refractivity contribution < 1.29 is 23.9 Å². The summed E-state index contributed by atoms with van der Waals surface area (Å²) in [6, 6.07) is 0.165. The number of esters is 2. The van der Waals surface area contributed by atoms with Crippen molar-refractivity contribution in [1.82, 2.24) is 14.8 Å². The van der Waals surface area contributed by atoms with Crippen LogP contribution in [0.1, 0.15) is 59.3 Å². The monoisotopic (exact) mass is 440 g/mol. The van der Waals surface area contributed by atoms with E-state index in [9.17, 15) is 14.4 Å². The van der Waals surface area contributed by atoms with Gasteiger partial charge in [-0.05, 0) is 40.2 Å². The van der Waals surface area contributed by atoms with Crippen molar-refractivity contribution in [3.05, 3.63) is 22.3 Å². The molecule has 0 aliphatic rings. The first-order chi connectivity index (χ1) is 13.8. The minimum Gasteiger partial charge on any atom is -0.462 e. The molecule has 2 aromatic rings. The van der Waals surface area contributed by atoms with Crippen LogP contribution in [-0.4, -0.2) is 51.6 Å². The number of aromatic nitrogens is 3. The fraction of sp³-hybridized carbons (Fsp3) is 0.500. The van der Waals surface area contributed by atoms with Crippen LogP contribution in [0.5, 0.6) is 0 Å². The topological polar surface area (TPSA) is 112 Å². The number of thiophene rings is 1. The van der Waals surface area contributed by atoms with Gasteiger partial charge in [0.15, 0.2) is 5.16 Å². The summed E-state index contributed by atoms with van der Waals surface area (Å²) in [5.41, 5.74) is 0.595. The average molecular weight is 441 g/mol. The summed E-state index contributed by atoms with van der Waals surface area (Å²) >= 11 is 2.23. The number of rotatable bonds is 9. The maximum atomic E-state index is 12.5. The van der Waals surface area contributed by atoms with Crippen LogP contribution in [0, 0.1) is 6.92 Å². The van der Waals surface area contributed by atoms with E-state index in [4.69, 9.17) is 9.47 Å². The number of anilines is 1. The zero-order valence-electron chi connectivity index (χ0n) is 17.0. The third-order valence-corrected chi connectivity index (χ3v) is 5.91. The molecule has 0 aliphatic carbocycles. The van der Waals surface area contributed by atoms with Crippen molar-refractivity contribution in [3.63, 3.8) is 0 Å². The van der Waals surface area contributed by atoms with Crippen LogP contribution in [0.2, 0.25) is 0 Å². The van der Waals surface area contributed by atoms with Crippen molar-refractivity contribution in [2.45, 2.75) is 45.8 Å². The largest absolute Gasteiger partial charge is 0.462 e. The molecule has 29 heavy (non-hydrogen) atoms. The lowest BCUT2D eigenvalue weighted by Crippen LogP contribution is -2.17. The van der Waals surface area contributed by atoms with Gasteiger partial charge >= 0.3 is 11.9 Å². The molecule has 0 unspecified atom stereocenters. The van der Waals surface area contributed by atoms with Gasteiger partial charge in [0.25, 0.3) is 0 Å². The molecule has 0 saturated heterocycles. The third kappa shape index (κ3) is 5.57. The quantitative estimate of drug-likeness (QED) is 0.467. The van der Waals surface area contributed by atoms with E-state index in [1.54, 1.807) is 27.1 Å². The number of nitrogens with one attached hydrogen (secondary N) is 1. The van der Waals surface area contributed by atoms with Crippen LogP contribution in [0.25, 0.3) is 0 Å². The van der Waals surface area contributed by atoms with Gasteiger partial charge in [-0.3, -0.25) is 4.79 Å². The minimum atomic E-state index is -0.598. The Morgan fingerprint density at radius 2 is 1.86 bits per heavy atom. The first-order valence-electron chi connectivity index (χ1n) is 9.09. The lowest BCUT2D eigenvalue weighted by molar-refractivity contribution is -0.113. The summed E-state index contributed by atoms with van der Waals surface area (Å²) in [6.07, 6.45) is 1.61. The van der Waals surface area contributed by atoms with Crippen LogP contribution in [0.15, 0.2) is 11.5 Å². The first kappa shape index (κ1) is 22.9. The minimum absolute atomic E-state index is 0.0688. The highest BCUT2D eigenvalue weighted by molar-refractivity contribution is 7.99. The second-order valence-corrected chi connectivity index (χ2v) is 8.12. The van der Waals surface area contributed by atoms with Gasteiger partial charge in [-0.2, -0.15) is 0 Å². The maximum absolute atomic E-state index is 12.5. The highest BCUT2D eigenvalue weighted by atomic mass is 32.2. The van der Waals surface area contributed by atoms with Crippen LogP contribution < -0.4 is 5.32 Å². The molecule has 2 aromatic heterocycles. The van der Waals surface area contributed by atoms with E-state index >= 15 is 0 Å². The Morgan fingerprint density at radius 3 is 2.48 bits per heavy atom. The Bertz CT molecular complexity index is 891. The summed E-state index contributed by atoms with van der Waals surface area (Å²) in [5, 5.41) is 11.5. The second-order valence-electron chi connectivity index (χ2n) is 6.15. The lowest BCUT2D eigenvalue weighted by Gasteiger charge is -2.09.